The summed E-state index contributed by atoms with van der Waals surface area (Å²) in [6, 6.07) is 16.7. The van der Waals surface area contributed by atoms with Gasteiger partial charge in [0.15, 0.2) is 0 Å². The van der Waals surface area contributed by atoms with Gasteiger partial charge in [-0.15, -0.1) is 12.4 Å². The zero-order chi connectivity index (χ0) is 59.0. The topological polar surface area (TPSA) is 187 Å². The van der Waals surface area contributed by atoms with Crippen molar-refractivity contribution in [2.24, 2.45) is 5.73 Å². The molecule has 4 aromatic rings. The summed E-state index contributed by atoms with van der Waals surface area (Å²) < 4.78 is 106. The van der Waals surface area contributed by atoms with Crippen molar-refractivity contribution in [2.75, 3.05) is 22.9 Å². The number of ether oxygens (including phenoxy) is 4. The van der Waals surface area contributed by atoms with Gasteiger partial charge in [0.1, 0.15) is 42.0 Å². The quantitative estimate of drug-likeness (QED) is 0.0759. The molecule has 0 bridgehead atoms. The van der Waals surface area contributed by atoms with E-state index in [2.05, 4.69) is 5.32 Å². The maximum Gasteiger partial charge on any atom is 0.416 e. The summed E-state index contributed by atoms with van der Waals surface area (Å²) in [6.07, 6.45) is 0.330. The molecule has 8 rings (SSSR count). The van der Waals surface area contributed by atoms with Crippen LogP contribution in [0.2, 0.25) is 0 Å². The first-order chi connectivity index (χ1) is 38.0. The number of esters is 1. The third-order valence-electron chi connectivity index (χ3n) is 14.7. The van der Waals surface area contributed by atoms with Gasteiger partial charge >= 0.3 is 30.4 Å². The summed E-state index contributed by atoms with van der Waals surface area (Å²) in [7, 11) is 0. The lowest BCUT2D eigenvalue weighted by Crippen LogP contribution is -2.50. The Kier molecular flexibility index (Phi) is 21.5. The Morgan fingerprint density at radius 1 is 0.598 bits per heavy atom. The van der Waals surface area contributed by atoms with E-state index in [9.17, 15) is 50.3 Å². The molecule has 2 aliphatic carbocycles. The number of anilines is 2. The summed E-state index contributed by atoms with van der Waals surface area (Å²) in [5, 5.41) is 11.4. The minimum absolute atomic E-state index is 0. The lowest BCUT2D eigenvalue weighted by Gasteiger charge is -2.27. The van der Waals surface area contributed by atoms with Crippen molar-refractivity contribution in [2.45, 2.75) is 192 Å². The fourth-order valence-corrected chi connectivity index (χ4v) is 10.9. The van der Waals surface area contributed by atoms with E-state index in [-0.39, 0.29) is 55.1 Å². The molecule has 14 nitrogen and oxygen atoms in total. The van der Waals surface area contributed by atoms with Crippen LogP contribution in [-0.2, 0) is 67.1 Å². The zero-order valence-electron chi connectivity index (χ0n) is 47.2. The molecule has 0 spiro atoms. The number of benzene rings is 4. The summed E-state index contributed by atoms with van der Waals surface area (Å²) in [5.74, 6) is -1.72. The maximum absolute atomic E-state index is 14.0. The third-order valence-corrected chi connectivity index (χ3v) is 14.7. The highest BCUT2D eigenvalue weighted by Gasteiger charge is 2.38. The molecule has 0 saturated heterocycles. The first-order valence-corrected chi connectivity index (χ1v) is 27.8. The minimum atomic E-state index is -4.51. The Morgan fingerprint density at radius 3 is 1.43 bits per heavy atom. The number of nitrogens with one attached hydrogen (secondary N) is 1. The molecule has 2 aliphatic heterocycles. The van der Waals surface area contributed by atoms with Gasteiger partial charge in [0.25, 0.3) is 0 Å². The largest absolute Gasteiger partial charge is 0.489 e. The van der Waals surface area contributed by atoms with Gasteiger partial charge in [-0.1, -0.05) is 62.8 Å². The SMILES string of the molecule is CC(C)(C)OC(=O)C[C@@H](NC(=O)OC(C)(C)C)C(=O)N1CCc2cc(OCc3ccc(C4CCCCC4)cc3C(F)(F)F)ccc21.Cl.N[C@H](CC(=O)O)C(=O)N1CCc2cc(OCc3ccc(C4CCCCC4)cc3C(F)(F)F)ccc21. The molecule has 0 unspecified atom stereocenters. The molecule has 3 amide bonds. The van der Waals surface area contributed by atoms with E-state index in [1.165, 1.54) is 34.1 Å². The molecule has 0 aromatic heterocycles. The number of hydrogen-bond acceptors (Lipinski definition) is 10. The average molecular weight is 1170 g/mol. The normalized spacial score (nSPS) is 16.5. The van der Waals surface area contributed by atoms with Crippen LogP contribution < -0.4 is 30.3 Å². The number of aliphatic carboxylic acids is 1. The van der Waals surface area contributed by atoms with Gasteiger partial charge in [0, 0.05) is 35.6 Å². The molecule has 4 N–H and O–H groups in total. The molecule has 2 fully saturated rings. The first kappa shape index (κ1) is 64.6. The van der Waals surface area contributed by atoms with Crippen molar-refractivity contribution < 1.29 is 74.4 Å². The van der Waals surface area contributed by atoms with E-state index < -0.39 is 89.5 Å². The van der Waals surface area contributed by atoms with Gasteiger partial charge in [-0.25, -0.2) is 4.79 Å². The molecule has 4 aliphatic rings. The molecule has 2 atom stereocenters. The van der Waals surface area contributed by atoms with Crippen LogP contribution in [0.4, 0.5) is 42.5 Å². The highest BCUT2D eigenvalue weighted by Crippen LogP contribution is 2.41. The molecule has 82 heavy (non-hydrogen) atoms. The van der Waals surface area contributed by atoms with Gasteiger partial charge in [-0.2, -0.15) is 26.3 Å². The van der Waals surface area contributed by atoms with Gasteiger partial charge in [0.05, 0.1) is 30.0 Å². The second-order valence-corrected chi connectivity index (χ2v) is 23.3. The summed E-state index contributed by atoms with van der Waals surface area (Å²) >= 11 is 0. The van der Waals surface area contributed by atoms with Gasteiger partial charge in [-0.05, 0) is 163 Å². The monoisotopic (exact) mass is 1170 g/mol. The average Bonchev–Trinajstić information content (AvgIpc) is 3.91. The second-order valence-electron chi connectivity index (χ2n) is 23.3. The highest BCUT2D eigenvalue weighted by atomic mass is 35.5. The number of nitrogens with zero attached hydrogens (tertiary/aromatic N) is 2. The van der Waals surface area contributed by atoms with E-state index in [4.69, 9.17) is 29.8 Å². The number of nitrogens with two attached hydrogens (primary N) is 1. The number of carbonyl (C=O) groups is 5. The van der Waals surface area contributed by atoms with Crippen LogP contribution in [0.5, 0.6) is 11.5 Å². The zero-order valence-corrected chi connectivity index (χ0v) is 48.1. The van der Waals surface area contributed by atoms with Crippen LogP contribution >= 0.6 is 12.4 Å². The van der Waals surface area contributed by atoms with Crippen LogP contribution in [0.15, 0.2) is 72.8 Å². The molecule has 21 heteroatoms. The van der Waals surface area contributed by atoms with Crippen molar-refractivity contribution >= 4 is 53.6 Å². The fourth-order valence-electron chi connectivity index (χ4n) is 10.9. The lowest BCUT2D eigenvalue weighted by atomic mass is 9.83. The van der Waals surface area contributed by atoms with Crippen molar-refractivity contribution in [3.63, 3.8) is 0 Å². The lowest BCUT2D eigenvalue weighted by molar-refractivity contribution is -0.156. The smallest absolute Gasteiger partial charge is 0.416 e. The Balaban J connectivity index is 0.000000270. The van der Waals surface area contributed by atoms with Crippen molar-refractivity contribution in [3.8, 4) is 11.5 Å². The Labute approximate surface area is 481 Å². The molecular weight excluding hydrogens is 1100 g/mol. The van der Waals surface area contributed by atoms with E-state index in [1.54, 1.807) is 90.1 Å². The van der Waals surface area contributed by atoms with Crippen molar-refractivity contribution in [3.05, 3.63) is 117 Å². The number of alkyl carbamates (subject to hydrolysis) is 1. The Bertz CT molecular complexity index is 2880. The predicted octanol–water partition coefficient (Wildman–Crippen LogP) is 13.3. The fraction of sp³-hybridized carbons (Fsp3) is 0.525. The van der Waals surface area contributed by atoms with E-state index >= 15 is 0 Å². The molecule has 448 valence electrons. The second kappa shape index (κ2) is 27.2. The molecule has 4 aromatic carbocycles. The number of alkyl halides is 6. The summed E-state index contributed by atoms with van der Waals surface area (Å²) in [6.45, 7) is 10.3. The number of carbonyl (C=O) groups excluding carboxylic acids is 4. The van der Waals surface area contributed by atoms with Crippen LogP contribution in [-0.4, -0.2) is 71.3 Å². The van der Waals surface area contributed by atoms with Crippen LogP contribution in [0.1, 0.15) is 175 Å². The van der Waals surface area contributed by atoms with E-state index in [0.717, 1.165) is 86.5 Å². The third kappa shape index (κ3) is 17.7. The number of rotatable bonds is 15. The first-order valence-electron chi connectivity index (χ1n) is 27.8. The number of carboxylic acid groups (broad SMARTS) is 1. The summed E-state index contributed by atoms with van der Waals surface area (Å²) in [5.41, 5.74) is 7.08. The van der Waals surface area contributed by atoms with E-state index in [0.29, 0.717) is 42.3 Å². The predicted molar refractivity (Wildman–Crippen MR) is 299 cm³/mol. The molecule has 2 heterocycles. The molecule has 2 saturated carbocycles. The Hall–Kier alpha value is -6.54. The number of carboxylic acids is 1. The van der Waals surface area contributed by atoms with Crippen molar-refractivity contribution in [1.29, 1.82) is 0 Å². The molecule has 0 radical (unpaired) electrons. The summed E-state index contributed by atoms with van der Waals surface area (Å²) in [4.78, 5) is 65.2. The number of fused-ring (bicyclic) bond motifs is 2. The number of amides is 3. The van der Waals surface area contributed by atoms with Crippen LogP contribution in [0.3, 0.4) is 0 Å². The van der Waals surface area contributed by atoms with Gasteiger partial charge in [0.2, 0.25) is 11.8 Å². The van der Waals surface area contributed by atoms with Crippen molar-refractivity contribution in [1.82, 2.24) is 5.32 Å². The number of hydrogen-bond donors (Lipinski definition) is 3. The van der Waals surface area contributed by atoms with Gasteiger partial charge < -0.3 is 44.9 Å². The Morgan fingerprint density at radius 2 is 1.02 bits per heavy atom. The van der Waals surface area contributed by atoms with Crippen LogP contribution in [0.25, 0.3) is 0 Å². The molecular formula is C61H75ClF6N4O10. The van der Waals surface area contributed by atoms with Gasteiger partial charge in [-0.3, -0.25) is 19.2 Å². The van der Waals surface area contributed by atoms with Crippen LogP contribution in [0, 0.1) is 0 Å². The highest BCUT2D eigenvalue weighted by molar-refractivity contribution is 6.02. The van der Waals surface area contributed by atoms with E-state index in [1.807, 2.05) is 0 Å². The standard InChI is InChI=1S/C35H45F3N2O6.C26H29F3N2O4.ClH/c1-33(2,3)45-30(41)20-28(39-32(43)46-34(4,5)6)31(42)40-17-16-24-18-26(14-15-29(24)40)44-21-25-13-12-23(19-27(25)35(36,37)38)22-10-8-7-9-11-22;27-26(28,29)21-13-17(16-4-2-1-3-5-16)6-7-19(21)15-35-20-8-9-23-18(12-20)10-11-31(23)25(34)22(30)14-24(32)33;/h12-15,18-19,22,28H,7-11,16-17,20-21H2,1-6H3,(H,39,43);6-9,12-13,16,22H,1-5,10-11,14-15,30H2,(H,32,33);1H/t28-;22-;/m11./s1. The number of halogens is 7. The maximum atomic E-state index is 14.0. The minimum Gasteiger partial charge on any atom is -0.489 e.